The Morgan fingerprint density at radius 2 is 2.11 bits per heavy atom. The van der Waals surface area contributed by atoms with Gasteiger partial charge in [0, 0.05) is 6.54 Å². The summed E-state index contributed by atoms with van der Waals surface area (Å²) in [5.74, 6) is -0.250. The summed E-state index contributed by atoms with van der Waals surface area (Å²) in [5.41, 5.74) is 0.784. The summed E-state index contributed by atoms with van der Waals surface area (Å²) in [6.07, 6.45) is -0.595. The second-order valence-electron chi connectivity index (χ2n) is 5.36. The number of carbonyl (C=O) groups excluding carboxylic acids is 1. The summed E-state index contributed by atoms with van der Waals surface area (Å²) >= 11 is 5.73. The lowest BCUT2D eigenvalue weighted by Gasteiger charge is -2.25. The zero-order chi connectivity index (χ0) is 13.9. The van der Waals surface area contributed by atoms with E-state index in [1.54, 1.807) is 19.1 Å². The van der Waals surface area contributed by atoms with E-state index in [4.69, 9.17) is 11.6 Å². The van der Waals surface area contributed by atoms with Gasteiger partial charge in [0.15, 0.2) is 0 Å². The molecule has 0 aliphatic rings. The van der Waals surface area contributed by atoms with Gasteiger partial charge in [-0.05, 0) is 24.5 Å². The monoisotopic (exact) mass is 270 g/mol. The van der Waals surface area contributed by atoms with E-state index < -0.39 is 6.10 Å². The molecular weight excluding hydrogens is 252 g/mol. The lowest BCUT2D eigenvalue weighted by molar-refractivity contribution is 0.0586. The van der Waals surface area contributed by atoms with Gasteiger partial charge in [-0.25, -0.2) is 4.98 Å². The van der Waals surface area contributed by atoms with E-state index in [2.05, 4.69) is 10.3 Å². The van der Waals surface area contributed by atoms with Crippen LogP contribution in [0, 0.1) is 12.3 Å². The summed E-state index contributed by atoms with van der Waals surface area (Å²) in [4.78, 5) is 15.9. The van der Waals surface area contributed by atoms with Gasteiger partial charge in [0.25, 0.3) is 5.91 Å². The third-order valence-electron chi connectivity index (χ3n) is 2.75. The number of aliphatic hydroxyl groups is 1. The van der Waals surface area contributed by atoms with E-state index >= 15 is 0 Å². The van der Waals surface area contributed by atoms with Crippen molar-refractivity contribution in [3.63, 3.8) is 0 Å². The summed E-state index contributed by atoms with van der Waals surface area (Å²) < 4.78 is 0. The first-order chi connectivity index (χ1) is 8.21. The van der Waals surface area contributed by atoms with Crippen molar-refractivity contribution in [3.05, 3.63) is 28.5 Å². The summed E-state index contributed by atoms with van der Waals surface area (Å²) in [5, 5.41) is 12.9. The van der Waals surface area contributed by atoms with Crippen molar-refractivity contribution in [2.24, 2.45) is 5.41 Å². The van der Waals surface area contributed by atoms with Gasteiger partial charge in [-0.15, -0.1) is 0 Å². The number of hydrogen-bond donors (Lipinski definition) is 2. The average Bonchev–Trinajstić information content (AvgIpc) is 2.24. The van der Waals surface area contributed by atoms with Crippen LogP contribution in [-0.2, 0) is 0 Å². The largest absolute Gasteiger partial charge is 0.391 e. The summed E-state index contributed by atoms with van der Waals surface area (Å²) in [7, 11) is 0. The molecule has 0 aliphatic heterocycles. The predicted molar refractivity (Wildman–Crippen MR) is 71.8 cm³/mol. The molecule has 0 saturated carbocycles. The zero-order valence-corrected chi connectivity index (χ0v) is 11.9. The molecule has 0 spiro atoms. The molecule has 1 aromatic rings. The SMILES string of the molecule is Cc1nc(Cl)ccc1C(=O)NCC(O)C(C)(C)C. The Labute approximate surface area is 112 Å². The quantitative estimate of drug-likeness (QED) is 0.828. The fourth-order valence-electron chi connectivity index (χ4n) is 1.36. The van der Waals surface area contributed by atoms with Gasteiger partial charge in [-0.3, -0.25) is 4.79 Å². The fourth-order valence-corrected chi connectivity index (χ4v) is 1.55. The lowest BCUT2D eigenvalue weighted by Crippen LogP contribution is -2.39. The highest BCUT2D eigenvalue weighted by Gasteiger charge is 2.22. The van der Waals surface area contributed by atoms with Gasteiger partial charge in [0.05, 0.1) is 17.4 Å². The van der Waals surface area contributed by atoms with Crippen LogP contribution in [0.25, 0.3) is 0 Å². The topological polar surface area (TPSA) is 62.2 Å². The molecule has 0 aromatic carbocycles. The van der Waals surface area contributed by atoms with Crippen LogP contribution in [-0.4, -0.2) is 28.6 Å². The molecule has 2 N–H and O–H groups in total. The van der Waals surface area contributed by atoms with Crippen LogP contribution in [0.5, 0.6) is 0 Å². The van der Waals surface area contributed by atoms with Crippen LogP contribution >= 0.6 is 11.6 Å². The molecule has 1 amide bonds. The first kappa shape index (κ1) is 14.9. The Morgan fingerprint density at radius 3 is 2.61 bits per heavy atom. The summed E-state index contributed by atoms with van der Waals surface area (Å²) in [6.45, 7) is 7.68. The van der Waals surface area contributed by atoms with Crippen molar-refractivity contribution < 1.29 is 9.90 Å². The number of nitrogens with one attached hydrogen (secondary N) is 1. The number of hydrogen-bond acceptors (Lipinski definition) is 3. The van der Waals surface area contributed by atoms with Gasteiger partial charge in [-0.2, -0.15) is 0 Å². The Balaban J connectivity index is 2.66. The molecule has 0 radical (unpaired) electrons. The Hall–Kier alpha value is -1.13. The van der Waals surface area contributed by atoms with Crippen LogP contribution in [0.1, 0.15) is 36.8 Å². The van der Waals surface area contributed by atoms with Crippen molar-refractivity contribution in [3.8, 4) is 0 Å². The number of halogens is 1. The molecular formula is C13H19ClN2O2. The molecule has 100 valence electrons. The highest BCUT2D eigenvalue weighted by atomic mass is 35.5. The van der Waals surface area contributed by atoms with E-state index in [0.29, 0.717) is 16.4 Å². The molecule has 0 bridgehead atoms. The molecule has 1 aromatic heterocycles. The number of aromatic nitrogens is 1. The molecule has 0 aliphatic carbocycles. The zero-order valence-electron chi connectivity index (χ0n) is 11.1. The Morgan fingerprint density at radius 1 is 1.50 bits per heavy atom. The molecule has 18 heavy (non-hydrogen) atoms. The normalized spacial score (nSPS) is 13.2. The highest BCUT2D eigenvalue weighted by molar-refractivity contribution is 6.29. The number of amides is 1. The van der Waals surface area contributed by atoms with Crippen molar-refractivity contribution >= 4 is 17.5 Å². The number of aryl methyl sites for hydroxylation is 1. The fraction of sp³-hybridized carbons (Fsp3) is 0.538. The van der Waals surface area contributed by atoms with Crippen molar-refractivity contribution in [2.45, 2.75) is 33.8 Å². The Kier molecular flexibility index (Phi) is 4.71. The smallest absolute Gasteiger partial charge is 0.253 e. The molecule has 1 heterocycles. The third-order valence-corrected chi connectivity index (χ3v) is 2.96. The van der Waals surface area contributed by atoms with E-state index in [1.165, 1.54) is 0 Å². The standard InChI is InChI=1S/C13H19ClN2O2/c1-8-9(5-6-11(14)16-8)12(18)15-7-10(17)13(2,3)4/h5-6,10,17H,7H2,1-4H3,(H,15,18). The molecule has 0 fully saturated rings. The first-order valence-electron chi connectivity index (χ1n) is 5.81. The van der Waals surface area contributed by atoms with Crippen LogP contribution in [0.15, 0.2) is 12.1 Å². The minimum absolute atomic E-state index is 0.213. The number of nitrogens with zero attached hydrogens (tertiary/aromatic N) is 1. The van der Waals surface area contributed by atoms with Crippen LogP contribution in [0.2, 0.25) is 5.15 Å². The van der Waals surface area contributed by atoms with E-state index in [0.717, 1.165) is 0 Å². The number of carbonyl (C=O) groups is 1. The summed E-state index contributed by atoms with van der Waals surface area (Å²) in [6, 6.07) is 3.20. The van der Waals surface area contributed by atoms with Gasteiger partial charge in [-0.1, -0.05) is 32.4 Å². The predicted octanol–water partition coefficient (Wildman–Crippen LogP) is 2.18. The second-order valence-corrected chi connectivity index (χ2v) is 5.75. The molecule has 5 heteroatoms. The average molecular weight is 271 g/mol. The van der Waals surface area contributed by atoms with Gasteiger partial charge < -0.3 is 10.4 Å². The maximum Gasteiger partial charge on any atom is 0.253 e. The molecule has 4 nitrogen and oxygen atoms in total. The van der Waals surface area contributed by atoms with E-state index in [-0.39, 0.29) is 17.9 Å². The molecule has 1 rings (SSSR count). The van der Waals surface area contributed by atoms with Crippen molar-refractivity contribution in [2.75, 3.05) is 6.54 Å². The van der Waals surface area contributed by atoms with E-state index in [1.807, 2.05) is 20.8 Å². The van der Waals surface area contributed by atoms with Crippen LogP contribution in [0.4, 0.5) is 0 Å². The van der Waals surface area contributed by atoms with Crippen LogP contribution < -0.4 is 5.32 Å². The van der Waals surface area contributed by atoms with Gasteiger partial charge in [0.1, 0.15) is 5.15 Å². The van der Waals surface area contributed by atoms with Gasteiger partial charge >= 0.3 is 0 Å². The molecule has 1 atom stereocenters. The highest BCUT2D eigenvalue weighted by Crippen LogP contribution is 2.18. The van der Waals surface area contributed by atoms with E-state index in [9.17, 15) is 9.90 Å². The number of aliphatic hydroxyl groups excluding tert-OH is 1. The number of rotatable bonds is 3. The number of pyridine rings is 1. The van der Waals surface area contributed by atoms with Gasteiger partial charge in [0.2, 0.25) is 0 Å². The molecule has 1 unspecified atom stereocenters. The van der Waals surface area contributed by atoms with Crippen LogP contribution in [0.3, 0.4) is 0 Å². The molecule has 0 saturated heterocycles. The first-order valence-corrected chi connectivity index (χ1v) is 6.19. The maximum absolute atomic E-state index is 11.9. The second kappa shape index (κ2) is 5.67. The van der Waals surface area contributed by atoms with Crippen molar-refractivity contribution in [1.29, 1.82) is 0 Å². The Bertz CT molecular complexity index is 441. The maximum atomic E-state index is 11.9. The minimum atomic E-state index is -0.595. The van der Waals surface area contributed by atoms with Crippen molar-refractivity contribution in [1.82, 2.24) is 10.3 Å². The minimum Gasteiger partial charge on any atom is -0.391 e. The lowest BCUT2D eigenvalue weighted by atomic mass is 9.89. The third kappa shape index (κ3) is 3.96.